The van der Waals surface area contributed by atoms with Crippen molar-refractivity contribution >= 4 is 46.1 Å². The second kappa shape index (κ2) is 18.4. The Hall–Kier alpha value is -5.58. The number of likely N-dealkylation sites (tertiary alicyclic amines) is 2. The Kier molecular flexibility index (Phi) is 13.6. The summed E-state index contributed by atoms with van der Waals surface area (Å²) in [7, 11) is 3.30. The number of imidazole rings is 2. The summed E-state index contributed by atoms with van der Waals surface area (Å²) in [5.74, 6) is 7.66. The van der Waals surface area contributed by atoms with Crippen LogP contribution < -0.4 is 0 Å². The van der Waals surface area contributed by atoms with Crippen molar-refractivity contribution in [3.05, 3.63) is 59.2 Å². The number of benzene rings is 2. The molecule has 6 rings (SSSR count). The fraction of sp³-hybridized carbons (Fsp3) is 0.583. The molecular formula is C48H66N8O6. The molecular weight excluding hydrogens is 785 g/mol. The maximum atomic E-state index is 14.2. The van der Waals surface area contributed by atoms with Gasteiger partial charge in [-0.1, -0.05) is 52.4 Å². The molecule has 2 N–H and O–H groups in total. The highest BCUT2D eigenvalue weighted by Crippen LogP contribution is 2.36. The number of likely N-dealkylation sites (N-methyl/N-ethyl adjacent to an activating group) is 2. The standard InChI is InChI=1S/C48H66N8O6/c1-13-29(3)39(53(11)45(59)61-47(5,6)7)43(57)55-25-15-17-37(55)41-49-33-23-21-31(27-35(33)51-41)19-20-32-22-24-34-36(28-32)52-42(50-34)38-18-16-26-56(38)44(58)40(30(4)14-2)54(12)46(60)62-48(8,9)10/h21-24,27-30,37-40H,13-18,25-26H2,1-12H3,(H,49,51)(H,50,52)/t29?,30?,37-,38?,39-,40-/m0/s1. The highest BCUT2D eigenvalue weighted by atomic mass is 16.6. The van der Waals surface area contributed by atoms with Crippen molar-refractivity contribution in [2.45, 2.75) is 143 Å². The molecule has 2 aliphatic rings. The van der Waals surface area contributed by atoms with Gasteiger partial charge >= 0.3 is 12.2 Å². The summed E-state index contributed by atoms with van der Waals surface area (Å²) in [6.45, 7) is 20.1. The van der Waals surface area contributed by atoms with E-state index in [0.29, 0.717) is 24.7 Å². The van der Waals surface area contributed by atoms with E-state index in [0.717, 1.165) is 71.7 Å². The van der Waals surface area contributed by atoms with Crippen LogP contribution in [0.25, 0.3) is 22.1 Å². The zero-order chi connectivity index (χ0) is 45.3. The number of nitrogens with zero attached hydrogens (tertiary/aromatic N) is 6. The van der Waals surface area contributed by atoms with E-state index in [4.69, 9.17) is 19.4 Å². The van der Waals surface area contributed by atoms with Gasteiger partial charge < -0.3 is 29.2 Å². The number of hydrogen-bond acceptors (Lipinski definition) is 8. The highest BCUT2D eigenvalue weighted by Gasteiger charge is 2.43. The van der Waals surface area contributed by atoms with Crippen LogP contribution in [0.2, 0.25) is 0 Å². The van der Waals surface area contributed by atoms with E-state index in [1.807, 2.05) is 115 Å². The molecule has 0 radical (unpaired) electrons. The van der Waals surface area contributed by atoms with Crippen LogP contribution in [0.5, 0.6) is 0 Å². The van der Waals surface area contributed by atoms with Crippen molar-refractivity contribution in [3.8, 4) is 11.8 Å². The molecule has 0 spiro atoms. The minimum absolute atomic E-state index is 0.0735. The predicted molar refractivity (Wildman–Crippen MR) is 240 cm³/mol. The van der Waals surface area contributed by atoms with E-state index in [-0.39, 0.29) is 35.7 Å². The summed E-state index contributed by atoms with van der Waals surface area (Å²) in [6.07, 6.45) is 3.62. The number of rotatable bonds is 10. The second-order valence-electron chi connectivity index (χ2n) is 19.2. The molecule has 6 atom stereocenters. The van der Waals surface area contributed by atoms with Crippen molar-refractivity contribution in [1.29, 1.82) is 0 Å². The van der Waals surface area contributed by atoms with Crippen LogP contribution in [-0.2, 0) is 19.1 Å². The Morgan fingerprint density at radius 2 is 1.06 bits per heavy atom. The molecule has 334 valence electrons. The number of ether oxygens (including phenoxy) is 2. The topological polar surface area (TPSA) is 157 Å². The molecule has 0 aliphatic carbocycles. The Bertz CT molecular complexity index is 2180. The van der Waals surface area contributed by atoms with Crippen molar-refractivity contribution in [2.24, 2.45) is 11.8 Å². The maximum Gasteiger partial charge on any atom is 0.410 e. The predicted octanol–water partition coefficient (Wildman–Crippen LogP) is 8.73. The maximum absolute atomic E-state index is 14.2. The van der Waals surface area contributed by atoms with Gasteiger partial charge in [-0.25, -0.2) is 19.6 Å². The van der Waals surface area contributed by atoms with Gasteiger partial charge in [-0.2, -0.15) is 0 Å². The third kappa shape index (κ3) is 10.2. The van der Waals surface area contributed by atoms with Gasteiger partial charge in [0.2, 0.25) is 11.8 Å². The zero-order valence-electron chi connectivity index (χ0n) is 38.7. The van der Waals surface area contributed by atoms with E-state index < -0.39 is 35.5 Å². The SMILES string of the molecule is CCC(C)[C@@H](C(=O)N1CCCC1c1nc2cc(C#Cc3ccc4[nH]c([C@@H]5CCCN5C(=O)[C@H](C(C)CC)N(C)C(=O)OC(C)(C)C)nc4c3)ccc2[nH]1)N(C)C(=O)OC(C)(C)C. The van der Waals surface area contributed by atoms with Crippen molar-refractivity contribution in [2.75, 3.05) is 27.2 Å². The molecule has 2 aromatic heterocycles. The molecule has 0 bridgehead atoms. The fourth-order valence-electron chi connectivity index (χ4n) is 8.56. The average molecular weight is 851 g/mol. The van der Waals surface area contributed by atoms with Crippen molar-refractivity contribution in [3.63, 3.8) is 0 Å². The number of carbonyl (C=O) groups excluding carboxylic acids is 4. The van der Waals surface area contributed by atoms with Crippen LogP contribution in [0.15, 0.2) is 36.4 Å². The summed E-state index contributed by atoms with van der Waals surface area (Å²) >= 11 is 0. The molecule has 3 unspecified atom stereocenters. The summed E-state index contributed by atoms with van der Waals surface area (Å²) in [5.41, 5.74) is 3.45. The number of amides is 4. The van der Waals surface area contributed by atoms with Gasteiger partial charge in [0, 0.05) is 38.3 Å². The Morgan fingerprint density at radius 3 is 1.40 bits per heavy atom. The van der Waals surface area contributed by atoms with E-state index in [2.05, 4.69) is 21.8 Å². The minimum Gasteiger partial charge on any atom is -0.444 e. The molecule has 62 heavy (non-hydrogen) atoms. The molecule has 2 saturated heterocycles. The Morgan fingerprint density at radius 1 is 0.694 bits per heavy atom. The first kappa shape index (κ1) is 45.9. The summed E-state index contributed by atoms with van der Waals surface area (Å²) in [6, 6.07) is 9.90. The summed E-state index contributed by atoms with van der Waals surface area (Å²) in [5, 5.41) is 0. The van der Waals surface area contributed by atoms with E-state index in [1.54, 1.807) is 14.1 Å². The van der Waals surface area contributed by atoms with Gasteiger partial charge in [0.1, 0.15) is 34.9 Å². The molecule has 0 saturated carbocycles. The molecule has 2 aromatic carbocycles. The molecule has 4 heterocycles. The normalized spacial score (nSPS) is 18.8. The van der Waals surface area contributed by atoms with Crippen molar-refractivity contribution < 1.29 is 28.7 Å². The van der Waals surface area contributed by atoms with Gasteiger partial charge in [0.15, 0.2) is 0 Å². The number of carbonyl (C=O) groups is 4. The molecule has 2 aliphatic heterocycles. The van der Waals surface area contributed by atoms with E-state index >= 15 is 0 Å². The van der Waals surface area contributed by atoms with Gasteiger partial charge in [-0.15, -0.1) is 0 Å². The number of aromatic amines is 2. The quantitative estimate of drug-likeness (QED) is 0.150. The monoisotopic (exact) mass is 851 g/mol. The number of H-pyrrole nitrogens is 2. The average Bonchev–Trinajstić information content (AvgIpc) is 4.03. The Labute approximate surface area is 366 Å². The van der Waals surface area contributed by atoms with Crippen molar-refractivity contribution in [1.82, 2.24) is 39.5 Å². The summed E-state index contributed by atoms with van der Waals surface area (Å²) < 4.78 is 11.3. The first-order valence-corrected chi connectivity index (χ1v) is 22.2. The number of hydrogen-bond donors (Lipinski definition) is 2. The molecule has 4 amide bonds. The molecule has 14 nitrogen and oxygen atoms in total. The number of aromatic nitrogens is 4. The number of fused-ring (bicyclic) bond motifs is 2. The van der Waals surface area contributed by atoms with Gasteiger partial charge in [0.25, 0.3) is 0 Å². The third-order valence-electron chi connectivity index (χ3n) is 12.1. The van der Waals surface area contributed by atoms with Crippen LogP contribution in [-0.4, -0.2) is 114 Å². The number of nitrogens with one attached hydrogen (secondary N) is 2. The smallest absolute Gasteiger partial charge is 0.410 e. The fourth-order valence-corrected chi connectivity index (χ4v) is 8.56. The first-order chi connectivity index (χ1) is 29.2. The second-order valence-corrected chi connectivity index (χ2v) is 19.2. The van der Waals surface area contributed by atoms with Crippen LogP contribution in [0.4, 0.5) is 9.59 Å². The lowest BCUT2D eigenvalue weighted by Gasteiger charge is -2.36. The van der Waals surface area contributed by atoms with Gasteiger partial charge in [0.05, 0.1) is 34.2 Å². The lowest BCUT2D eigenvalue weighted by atomic mass is 9.96. The van der Waals surface area contributed by atoms with Gasteiger partial charge in [-0.3, -0.25) is 19.4 Å². The van der Waals surface area contributed by atoms with Crippen LogP contribution in [0, 0.1) is 23.7 Å². The lowest BCUT2D eigenvalue weighted by Crippen LogP contribution is -2.53. The van der Waals surface area contributed by atoms with Crippen LogP contribution in [0.1, 0.15) is 143 Å². The van der Waals surface area contributed by atoms with Gasteiger partial charge in [-0.05, 0) is 115 Å². The largest absolute Gasteiger partial charge is 0.444 e. The van der Waals surface area contributed by atoms with E-state index in [1.165, 1.54) is 9.80 Å². The minimum atomic E-state index is -0.676. The van der Waals surface area contributed by atoms with E-state index in [9.17, 15) is 19.2 Å². The third-order valence-corrected chi connectivity index (χ3v) is 12.1. The molecule has 4 aromatic rings. The molecule has 14 heteroatoms. The zero-order valence-corrected chi connectivity index (χ0v) is 38.7. The highest BCUT2D eigenvalue weighted by molar-refractivity contribution is 5.88. The molecule has 2 fully saturated rings. The summed E-state index contributed by atoms with van der Waals surface area (Å²) in [4.78, 5) is 78.2. The first-order valence-electron chi connectivity index (χ1n) is 22.2. The van der Waals surface area contributed by atoms with Crippen LogP contribution in [0.3, 0.4) is 0 Å². The Balaban J connectivity index is 1.18. The van der Waals surface area contributed by atoms with Crippen LogP contribution >= 0.6 is 0 Å². The lowest BCUT2D eigenvalue weighted by molar-refractivity contribution is -0.140.